The second-order valence-electron chi connectivity index (χ2n) is 3.77. The zero-order valence-corrected chi connectivity index (χ0v) is 12.2. The Kier molecular flexibility index (Phi) is 3.37. The maximum atomic E-state index is 6.06. The second kappa shape index (κ2) is 5.18. The van der Waals surface area contributed by atoms with Crippen LogP contribution in [0.3, 0.4) is 0 Å². The van der Waals surface area contributed by atoms with Crippen molar-refractivity contribution >= 4 is 33.2 Å². The van der Waals surface area contributed by atoms with Crippen molar-refractivity contribution in [2.24, 2.45) is 0 Å². The molecule has 0 unspecified atom stereocenters. The lowest BCUT2D eigenvalue weighted by atomic mass is 10.2. The molecule has 3 rings (SSSR count). The maximum absolute atomic E-state index is 6.06. The summed E-state index contributed by atoms with van der Waals surface area (Å²) in [5.41, 5.74) is 1.54. The highest BCUT2D eigenvalue weighted by Crippen LogP contribution is 2.38. The first-order valence-corrected chi connectivity index (χ1v) is 6.78. The van der Waals surface area contributed by atoms with Crippen LogP contribution in [0.1, 0.15) is 0 Å². The average Bonchev–Trinajstić information content (AvgIpc) is 2.92. The molecule has 0 fully saturated rings. The summed E-state index contributed by atoms with van der Waals surface area (Å²) in [5, 5.41) is 0.430. The molecule has 8 heteroatoms. The highest BCUT2D eigenvalue weighted by atomic mass is 35.5. The molecule has 0 saturated heterocycles. The molecule has 0 amide bonds. The Morgan fingerprint density at radius 2 is 2.00 bits per heavy atom. The Labute approximate surface area is 123 Å². The molecular weight excluding hydrogens is 300 g/mol. The van der Waals surface area contributed by atoms with Gasteiger partial charge in [-0.1, -0.05) is 11.6 Å². The molecule has 102 valence electrons. The quantitative estimate of drug-likeness (QED) is 0.693. The summed E-state index contributed by atoms with van der Waals surface area (Å²) in [7, 11) is 3.05. The summed E-state index contributed by atoms with van der Waals surface area (Å²) in [6, 6.07) is 2.16. The van der Waals surface area contributed by atoms with Gasteiger partial charge in [0.2, 0.25) is 5.88 Å². The number of thiophene rings is 1. The molecule has 3 aromatic rings. The number of halogens is 1. The van der Waals surface area contributed by atoms with Crippen molar-refractivity contribution in [1.29, 1.82) is 0 Å². The third-order valence-electron chi connectivity index (χ3n) is 2.64. The summed E-state index contributed by atoms with van der Waals surface area (Å²) in [4.78, 5) is 17.3. The number of ether oxygens (including phenoxy) is 2. The van der Waals surface area contributed by atoms with E-state index in [1.807, 2.05) is 6.07 Å². The summed E-state index contributed by atoms with van der Waals surface area (Å²) < 4.78 is 11.1. The van der Waals surface area contributed by atoms with E-state index in [1.165, 1.54) is 24.8 Å². The molecule has 0 aliphatic carbocycles. The number of methoxy groups -OCH3 is 2. The minimum absolute atomic E-state index is 0.254. The minimum Gasteiger partial charge on any atom is -0.480 e. The first-order valence-electron chi connectivity index (χ1n) is 5.58. The molecular formula is C12H9ClN4O2S. The van der Waals surface area contributed by atoms with Gasteiger partial charge in [0.15, 0.2) is 0 Å². The van der Waals surface area contributed by atoms with E-state index in [4.69, 9.17) is 21.1 Å². The van der Waals surface area contributed by atoms with Gasteiger partial charge in [-0.15, -0.1) is 11.3 Å². The van der Waals surface area contributed by atoms with Gasteiger partial charge in [-0.3, -0.25) is 0 Å². The number of nitrogens with zero attached hydrogens (tertiary/aromatic N) is 4. The van der Waals surface area contributed by atoms with Gasteiger partial charge in [-0.05, 0) is 6.07 Å². The van der Waals surface area contributed by atoms with E-state index in [2.05, 4.69) is 19.9 Å². The van der Waals surface area contributed by atoms with Crippen LogP contribution in [-0.4, -0.2) is 34.2 Å². The van der Waals surface area contributed by atoms with E-state index in [-0.39, 0.29) is 6.01 Å². The van der Waals surface area contributed by atoms with Gasteiger partial charge in [0.25, 0.3) is 0 Å². The summed E-state index contributed by atoms with van der Waals surface area (Å²) >= 11 is 7.52. The van der Waals surface area contributed by atoms with Gasteiger partial charge in [-0.25, -0.2) is 15.0 Å². The van der Waals surface area contributed by atoms with Crippen molar-refractivity contribution in [2.45, 2.75) is 0 Å². The van der Waals surface area contributed by atoms with Gasteiger partial charge in [0.05, 0.1) is 30.0 Å². The van der Waals surface area contributed by atoms with Gasteiger partial charge >= 0.3 is 6.01 Å². The van der Waals surface area contributed by atoms with Gasteiger partial charge in [0.1, 0.15) is 11.5 Å². The van der Waals surface area contributed by atoms with Gasteiger partial charge < -0.3 is 9.47 Å². The number of rotatable bonds is 3. The van der Waals surface area contributed by atoms with E-state index in [0.29, 0.717) is 11.0 Å². The Balaban J connectivity index is 2.17. The molecule has 0 N–H and O–H groups in total. The fraction of sp³-hybridized carbons (Fsp3) is 0.167. The largest absolute Gasteiger partial charge is 0.480 e. The fourth-order valence-corrected chi connectivity index (χ4v) is 2.98. The Morgan fingerprint density at radius 3 is 2.70 bits per heavy atom. The molecule has 3 heterocycles. The zero-order valence-electron chi connectivity index (χ0n) is 10.6. The van der Waals surface area contributed by atoms with Crippen molar-refractivity contribution in [3.05, 3.63) is 23.7 Å². The molecule has 0 atom stereocenters. The lowest BCUT2D eigenvalue weighted by molar-refractivity contribution is 0.353. The molecule has 6 nitrogen and oxygen atoms in total. The lowest BCUT2D eigenvalue weighted by Crippen LogP contribution is -1.96. The topological polar surface area (TPSA) is 70.0 Å². The maximum Gasteiger partial charge on any atom is 0.319 e. The molecule has 0 radical (unpaired) electrons. The first kappa shape index (κ1) is 13.0. The summed E-state index contributed by atoms with van der Waals surface area (Å²) in [6.07, 6.45) is 3.08. The normalized spacial score (nSPS) is 10.8. The molecule has 0 aromatic carbocycles. The SMILES string of the molecule is COc1ncc(-c2cc3ncnc(Cl)c3s2)c(OC)n1. The second-order valence-corrected chi connectivity index (χ2v) is 5.18. The molecule has 0 aliphatic heterocycles. The number of hydrogen-bond acceptors (Lipinski definition) is 7. The van der Waals surface area contributed by atoms with E-state index in [1.54, 1.807) is 13.3 Å². The Hall–Kier alpha value is -1.99. The van der Waals surface area contributed by atoms with Crippen molar-refractivity contribution < 1.29 is 9.47 Å². The van der Waals surface area contributed by atoms with Crippen LogP contribution >= 0.6 is 22.9 Å². The summed E-state index contributed by atoms with van der Waals surface area (Å²) in [5.74, 6) is 0.437. The monoisotopic (exact) mass is 308 g/mol. The van der Waals surface area contributed by atoms with Gasteiger partial charge in [-0.2, -0.15) is 4.98 Å². The smallest absolute Gasteiger partial charge is 0.319 e. The lowest BCUT2D eigenvalue weighted by Gasteiger charge is -2.06. The Morgan fingerprint density at radius 1 is 1.15 bits per heavy atom. The highest BCUT2D eigenvalue weighted by Gasteiger charge is 2.15. The first-order chi connectivity index (χ1) is 9.72. The van der Waals surface area contributed by atoms with Crippen molar-refractivity contribution in [3.8, 4) is 22.3 Å². The fourth-order valence-electron chi connectivity index (χ4n) is 1.73. The average molecular weight is 309 g/mol. The molecule has 3 aromatic heterocycles. The van der Waals surface area contributed by atoms with Crippen LogP contribution in [0.2, 0.25) is 5.15 Å². The number of fused-ring (bicyclic) bond motifs is 1. The van der Waals surface area contributed by atoms with E-state index < -0.39 is 0 Å². The molecule has 0 spiro atoms. The molecule has 0 aliphatic rings. The minimum atomic E-state index is 0.254. The third-order valence-corrected chi connectivity index (χ3v) is 4.20. The van der Waals surface area contributed by atoms with E-state index in [0.717, 1.165) is 20.7 Å². The van der Waals surface area contributed by atoms with Crippen LogP contribution in [0, 0.1) is 0 Å². The summed E-state index contributed by atoms with van der Waals surface area (Å²) in [6.45, 7) is 0. The van der Waals surface area contributed by atoms with Crippen molar-refractivity contribution in [3.63, 3.8) is 0 Å². The predicted octanol–water partition coefficient (Wildman–Crippen LogP) is 2.82. The molecule has 20 heavy (non-hydrogen) atoms. The Bertz CT molecular complexity index is 777. The van der Waals surface area contributed by atoms with Crippen LogP contribution < -0.4 is 9.47 Å². The van der Waals surface area contributed by atoms with Crippen LogP contribution in [0.4, 0.5) is 0 Å². The standard InChI is InChI=1S/C12H9ClN4O2S/c1-18-11-6(4-14-12(17-11)19-2)8-3-7-9(20-8)10(13)16-5-15-7/h3-5H,1-2H3. The van der Waals surface area contributed by atoms with Crippen LogP contribution in [0.25, 0.3) is 20.7 Å². The van der Waals surface area contributed by atoms with Crippen molar-refractivity contribution in [1.82, 2.24) is 19.9 Å². The highest BCUT2D eigenvalue weighted by molar-refractivity contribution is 7.22. The number of hydrogen-bond donors (Lipinski definition) is 0. The molecule has 0 saturated carbocycles. The van der Waals surface area contributed by atoms with Crippen LogP contribution in [0.5, 0.6) is 11.9 Å². The van der Waals surface area contributed by atoms with E-state index >= 15 is 0 Å². The van der Waals surface area contributed by atoms with Crippen LogP contribution in [-0.2, 0) is 0 Å². The zero-order chi connectivity index (χ0) is 14.1. The van der Waals surface area contributed by atoms with Gasteiger partial charge in [0, 0.05) is 11.1 Å². The van der Waals surface area contributed by atoms with Crippen molar-refractivity contribution in [2.75, 3.05) is 14.2 Å². The number of aromatic nitrogens is 4. The predicted molar refractivity (Wildman–Crippen MR) is 76.6 cm³/mol. The van der Waals surface area contributed by atoms with E-state index in [9.17, 15) is 0 Å². The molecule has 0 bridgehead atoms. The van der Waals surface area contributed by atoms with Crippen LogP contribution in [0.15, 0.2) is 18.6 Å². The third kappa shape index (κ3) is 2.14.